The summed E-state index contributed by atoms with van der Waals surface area (Å²) in [5.74, 6) is -1.52. The fourth-order valence-corrected chi connectivity index (χ4v) is 4.41. The second kappa shape index (κ2) is 10.0. The van der Waals surface area contributed by atoms with Crippen molar-refractivity contribution in [2.75, 3.05) is 18.9 Å². The van der Waals surface area contributed by atoms with E-state index in [1.807, 2.05) is 0 Å². The lowest BCUT2D eigenvalue weighted by Crippen LogP contribution is -2.71. The molecule has 34 heavy (non-hydrogen) atoms. The van der Waals surface area contributed by atoms with Gasteiger partial charge >= 0.3 is 10.3 Å². The average Bonchev–Trinajstić information content (AvgIpc) is 3.19. The number of amides is 2. The third-order valence-electron chi connectivity index (χ3n) is 4.59. The van der Waals surface area contributed by atoms with Crippen molar-refractivity contribution in [3.8, 4) is 5.75 Å². The molecule has 16 heteroatoms. The van der Waals surface area contributed by atoms with Crippen molar-refractivity contribution >= 4 is 50.1 Å². The van der Waals surface area contributed by atoms with Gasteiger partial charge in [0, 0.05) is 10.9 Å². The number of carbonyl (C=O) groups is 2. The maximum Gasteiger partial charge on any atom is 0.362 e. The van der Waals surface area contributed by atoms with Gasteiger partial charge in [0.25, 0.3) is 11.8 Å². The summed E-state index contributed by atoms with van der Waals surface area (Å²) in [6, 6.07) is 4.37. The van der Waals surface area contributed by atoms with E-state index < -0.39 is 34.2 Å². The Kier molecular flexibility index (Phi) is 7.33. The number of aromatic nitrogens is 1. The van der Waals surface area contributed by atoms with Crippen molar-refractivity contribution in [3.63, 3.8) is 0 Å². The topological polar surface area (TPSA) is 223 Å². The molecule has 1 aliphatic rings. The van der Waals surface area contributed by atoms with Gasteiger partial charge in [0.1, 0.15) is 29.9 Å². The molecule has 7 N–H and O–H groups in total. The summed E-state index contributed by atoms with van der Waals surface area (Å²) in [4.78, 5) is 33.9. The van der Waals surface area contributed by atoms with Crippen LogP contribution in [0.15, 0.2) is 34.8 Å². The lowest BCUT2D eigenvalue weighted by molar-refractivity contribution is -0.143. The zero-order valence-corrected chi connectivity index (χ0v) is 19.3. The maximum absolute atomic E-state index is 12.7. The van der Waals surface area contributed by atoms with E-state index in [1.165, 1.54) is 12.3 Å². The molecule has 0 aliphatic carbocycles. The molecule has 1 aliphatic heterocycles. The van der Waals surface area contributed by atoms with Gasteiger partial charge in [-0.05, 0) is 19.1 Å². The Hall–Kier alpha value is -3.76. The predicted molar refractivity (Wildman–Crippen MR) is 122 cm³/mol. The monoisotopic (exact) mass is 511 g/mol. The lowest BCUT2D eigenvalue weighted by Gasteiger charge is -2.42. The van der Waals surface area contributed by atoms with Crippen LogP contribution in [0.5, 0.6) is 5.75 Å². The first-order valence-electron chi connectivity index (χ1n) is 9.59. The minimum absolute atomic E-state index is 0.0421. The summed E-state index contributed by atoms with van der Waals surface area (Å²) >= 11 is 1.05. The summed E-state index contributed by atoms with van der Waals surface area (Å²) < 4.78 is 37.3. The van der Waals surface area contributed by atoms with Crippen LogP contribution in [0.3, 0.4) is 0 Å². The molecule has 2 amide bonds. The molecule has 1 fully saturated rings. The summed E-state index contributed by atoms with van der Waals surface area (Å²) in [6.07, 6.45) is 0. The zero-order valence-electron chi connectivity index (χ0n) is 17.7. The second-order valence-electron chi connectivity index (χ2n) is 6.94. The Morgan fingerprint density at radius 3 is 2.74 bits per heavy atom. The molecule has 0 radical (unpaired) electrons. The summed E-state index contributed by atoms with van der Waals surface area (Å²) in [5, 5.41) is 15.2. The number of nitrogens with two attached hydrogens (primary N) is 2. The molecular weight excluding hydrogens is 490 g/mol. The van der Waals surface area contributed by atoms with E-state index in [2.05, 4.69) is 15.5 Å². The number of β-lactam (4-membered cyclic amide) rings is 1. The van der Waals surface area contributed by atoms with Gasteiger partial charge in [0.05, 0.1) is 6.04 Å². The molecule has 182 valence electrons. The smallest absolute Gasteiger partial charge is 0.362 e. The van der Waals surface area contributed by atoms with Crippen LogP contribution >= 0.6 is 11.3 Å². The third kappa shape index (κ3) is 5.59. The van der Waals surface area contributed by atoms with Crippen LogP contribution in [-0.2, 0) is 24.7 Å². The number of hydrogen-bond acceptors (Lipinski definition) is 11. The number of amidine groups is 1. The van der Waals surface area contributed by atoms with Crippen LogP contribution in [0.25, 0.3) is 0 Å². The number of nitrogen functional groups attached to an aromatic ring is 2. The van der Waals surface area contributed by atoms with Crippen molar-refractivity contribution in [3.05, 3.63) is 40.9 Å². The Balaban J connectivity index is 1.63. The standard InChI is InChI=1S/C18H21N7O7S2/c1-9-13(17(27)25(9)34(28,29)30)23-16(26)14(12-8-33-18(21)22-12)24-32-6-5-31-11-4-2-3-10(7-11)15(19)20/h2-4,7-9,13H,5-6H2,1H3,(H3,19,20)(H2,21,22)(H,23,26)(H,28,29,30)/b24-14-/t9-,13-/m0/s1. The Morgan fingerprint density at radius 1 is 1.41 bits per heavy atom. The van der Waals surface area contributed by atoms with Crippen LogP contribution in [0.4, 0.5) is 5.13 Å². The largest absolute Gasteiger partial charge is 0.490 e. The van der Waals surface area contributed by atoms with E-state index in [4.69, 9.17) is 31.0 Å². The first kappa shape index (κ1) is 24.9. The minimum atomic E-state index is -4.74. The molecule has 2 heterocycles. The van der Waals surface area contributed by atoms with E-state index in [9.17, 15) is 18.0 Å². The number of thiazole rings is 1. The Morgan fingerprint density at radius 2 is 2.15 bits per heavy atom. The van der Waals surface area contributed by atoms with Crippen molar-refractivity contribution in [2.24, 2.45) is 10.9 Å². The SMILES string of the molecule is C[C@H]1[C@H](NC(=O)/C(=N\OCCOc2cccc(C(=N)N)c2)c2csc(N)n2)C(=O)N1S(=O)(=O)O. The van der Waals surface area contributed by atoms with Crippen molar-refractivity contribution < 1.29 is 32.1 Å². The van der Waals surface area contributed by atoms with Gasteiger partial charge in [-0.1, -0.05) is 17.3 Å². The van der Waals surface area contributed by atoms with Crippen LogP contribution in [0, 0.1) is 5.41 Å². The Labute approximate surface area is 197 Å². The molecule has 14 nitrogen and oxygen atoms in total. The number of nitrogens with zero attached hydrogens (tertiary/aromatic N) is 3. The normalized spacial score (nSPS) is 18.2. The molecular formula is C18H21N7O7S2. The summed E-state index contributed by atoms with van der Waals surface area (Å²) in [6.45, 7) is 1.31. The average molecular weight is 512 g/mol. The molecule has 0 saturated carbocycles. The molecule has 1 aromatic carbocycles. The number of oxime groups is 1. The molecule has 2 aromatic rings. The first-order valence-corrected chi connectivity index (χ1v) is 11.9. The molecule has 0 bridgehead atoms. The van der Waals surface area contributed by atoms with Gasteiger partial charge in [0.2, 0.25) is 0 Å². The van der Waals surface area contributed by atoms with Crippen LogP contribution < -0.4 is 21.5 Å². The van der Waals surface area contributed by atoms with Gasteiger partial charge in [-0.15, -0.1) is 11.3 Å². The molecule has 1 aromatic heterocycles. The van der Waals surface area contributed by atoms with E-state index >= 15 is 0 Å². The predicted octanol–water partition coefficient (Wildman–Crippen LogP) is -0.673. The quantitative estimate of drug-likeness (QED) is 0.0675. The molecule has 0 spiro atoms. The first-order chi connectivity index (χ1) is 16.0. The summed E-state index contributed by atoms with van der Waals surface area (Å²) in [5.41, 5.74) is 11.3. The Bertz CT molecular complexity index is 1240. The van der Waals surface area contributed by atoms with Gasteiger partial charge in [-0.2, -0.15) is 8.42 Å². The summed E-state index contributed by atoms with van der Waals surface area (Å²) in [7, 11) is -4.74. The molecule has 2 atom stereocenters. The number of carbonyl (C=O) groups excluding carboxylic acids is 2. The van der Waals surface area contributed by atoms with E-state index in [0.29, 0.717) is 11.3 Å². The fourth-order valence-electron chi connectivity index (χ4n) is 2.97. The zero-order chi connectivity index (χ0) is 25.0. The number of nitrogens with one attached hydrogen (secondary N) is 2. The number of ether oxygens (including phenoxy) is 1. The van der Waals surface area contributed by atoms with Crippen molar-refractivity contribution in [1.82, 2.24) is 14.6 Å². The number of rotatable bonds is 10. The number of anilines is 1. The number of hydrogen-bond donors (Lipinski definition) is 5. The number of benzene rings is 1. The van der Waals surface area contributed by atoms with E-state index in [1.54, 1.807) is 24.3 Å². The van der Waals surface area contributed by atoms with E-state index in [0.717, 1.165) is 11.3 Å². The van der Waals surface area contributed by atoms with Crippen molar-refractivity contribution in [1.29, 1.82) is 5.41 Å². The van der Waals surface area contributed by atoms with Gasteiger partial charge in [0.15, 0.2) is 17.5 Å². The van der Waals surface area contributed by atoms with Crippen LogP contribution in [0.1, 0.15) is 18.2 Å². The van der Waals surface area contributed by atoms with Gasteiger partial charge < -0.3 is 26.4 Å². The van der Waals surface area contributed by atoms with Crippen molar-refractivity contribution in [2.45, 2.75) is 19.0 Å². The highest BCUT2D eigenvalue weighted by Crippen LogP contribution is 2.23. The third-order valence-corrected chi connectivity index (χ3v) is 6.28. The highest BCUT2D eigenvalue weighted by molar-refractivity contribution is 7.84. The second-order valence-corrected chi connectivity index (χ2v) is 9.12. The lowest BCUT2D eigenvalue weighted by atomic mass is 10.0. The molecule has 3 rings (SSSR count). The highest BCUT2D eigenvalue weighted by Gasteiger charge is 2.51. The highest BCUT2D eigenvalue weighted by atomic mass is 32.2. The fraction of sp³-hybridized carbons (Fsp3) is 0.278. The van der Waals surface area contributed by atoms with Gasteiger partial charge in [-0.25, -0.2) is 9.29 Å². The van der Waals surface area contributed by atoms with Gasteiger partial charge in [-0.3, -0.25) is 19.6 Å². The van der Waals surface area contributed by atoms with Crippen LogP contribution in [0.2, 0.25) is 0 Å². The molecule has 0 unspecified atom stereocenters. The van der Waals surface area contributed by atoms with Crippen LogP contribution in [-0.4, -0.2) is 70.9 Å². The molecule has 1 saturated heterocycles. The minimum Gasteiger partial charge on any atom is -0.490 e. The maximum atomic E-state index is 12.7. The van der Waals surface area contributed by atoms with E-state index in [-0.39, 0.29) is 39.9 Å².